The number of hydrogen-bond donors (Lipinski definition) is 4. The van der Waals surface area contributed by atoms with Gasteiger partial charge in [0, 0.05) is 42.5 Å². The summed E-state index contributed by atoms with van der Waals surface area (Å²) in [7, 11) is 0. The van der Waals surface area contributed by atoms with Gasteiger partial charge in [0.1, 0.15) is 17.7 Å². The molecule has 0 aliphatic heterocycles. The van der Waals surface area contributed by atoms with Crippen molar-refractivity contribution in [1.29, 1.82) is 0 Å². The van der Waals surface area contributed by atoms with Gasteiger partial charge in [0.2, 0.25) is 0 Å². The summed E-state index contributed by atoms with van der Waals surface area (Å²) in [6, 6.07) is 52.4. The molecular formula is C103H136AlLiO11. The van der Waals surface area contributed by atoms with Crippen molar-refractivity contribution in [3.8, 4) is 0 Å². The van der Waals surface area contributed by atoms with E-state index in [0.717, 1.165) is 109 Å². The van der Waals surface area contributed by atoms with E-state index in [9.17, 15) is 34.2 Å². The summed E-state index contributed by atoms with van der Waals surface area (Å²) in [5.74, 6) is 18.7. The Morgan fingerprint density at radius 1 is 0.422 bits per heavy atom. The SMILES string of the molecule is C.O=C(O)C1CC2C=CCC(C2)C1.O=C(c1ccccc1)C1CC2C=CCC(C2)C1.O=C1C2CC3CC(C2)C(c2ccccc2)C1C3.O=C1C2CC3CC(C2)CC1C3.O=CO.O=COC1C2CC3CC(C2)C(c2ccccc2)C1C3.OC(c1ccccc1)C1CC2C=CCC(C2)C1.OC1C2CC3CC(C2)C(c2ccccc2)C1C3.[2HH].[AlH3].[H-].[Li+]. The van der Waals surface area contributed by atoms with Crippen LogP contribution in [0.4, 0.5) is 0 Å². The molecule has 0 heterocycles. The van der Waals surface area contributed by atoms with Crippen molar-refractivity contribution < 1.29 is 75.6 Å². The molecule has 0 radical (unpaired) electrons. The molecule has 0 saturated heterocycles. The predicted octanol–water partition coefficient (Wildman–Crippen LogP) is 18.1. The molecule has 5 aromatic rings. The summed E-state index contributed by atoms with van der Waals surface area (Å²) in [5, 5.41) is 36.7. The van der Waals surface area contributed by atoms with Gasteiger partial charge in [-0.3, -0.25) is 28.8 Å². The van der Waals surface area contributed by atoms with Gasteiger partial charge >= 0.3 is 24.8 Å². The largest absolute Gasteiger partial charge is 1.00 e. The van der Waals surface area contributed by atoms with Crippen molar-refractivity contribution in [2.75, 3.05) is 0 Å². The fraction of sp³-hybridized carbons (Fsp3) is 0.592. The van der Waals surface area contributed by atoms with Gasteiger partial charge in [-0.2, -0.15) is 0 Å². The molecule has 5 aromatic carbocycles. The number of aliphatic carboxylic acids is 1. The molecule has 618 valence electrons. The van der Waals surface area contributed by atoms with Crippen molar-refractivity contribution in [3.05, 3.63) is 216 Å². The van der Waals surface area contributed by atoms with Gasteiger partial charge in [-0.05, 0) is 333 Å². The number of carbonyl (C=O) groups excluding carboxylic acids is 4. The van der Waals surface area contributed by atoms with Crippen LogP contribution in [0.5, 0.6) is 0 Å². The van der Waals surface area contributed by atoms with E-state index >= 15 is 0 Å². The number of ketones is 3. The van der Waals surface area contributed by atoms with E-state index in [1.54, 1.807) is 0 Å². The van der Waals surface area contributed by atoms with Gasteiger partial charge in [0.05, 0.1) is 18.1 Å². The van der Waals surface area contributed by atoms with E-state index in [1.165, 1.54) is 164 Å². The monoisotopic (exact) mass is 1580 g/mol. The molecule has 22 aliphatic rings. The number of fused-ring (bicyclic) bond motifs is 6. The summed E-state index contributed by atoms with van der Waals surface area (Å²) in [4.78, 5) is 66.3. The smallest absolute Gasteiger partial charge is 1.00 e. The number of rotatable bonds is 10. The average molecular weight is 1590 g/mol. The first-order chi connectivity index (χ1) is 55.2. The second-order valence-corrected chi connectivity index (χ2v) is 39.1. The maximum absolute atomic E-state index is 12.4. The number of carboxylic acids is 1. The molecule has 116 heavy (non-hydrogen) atoms. The second kappa shape index (κ2) is 40.4. The zero-order valence-electron chi connectivity index (χ0n) is 68.6. The molecular weight excluding hydrogens is 1450 g/mol. The maximum atomic E-state index is 12.4. The fourth-order valence-corrected chi connectivity index (χ4v) is 28.2. The molecule has 27 unspecified atom stereocenters. The molecule has 13 heteroatoms. The fourth-order valence-electron chi connectivity index (χ4n) is 28.2. The summed E-state index contributed by atoms with van der Waals surface area (Å²) in [6.45, 7) is 0.426. The number of aliphatic hydroxyl groups is 2. The quantitative estimate of drug-likeness (QED) is 0.0450. The van der Waals surface area contributed by atoms with Gasteiger partial charge in [-0.1, -0.05) is 196 Å². The number of ether oxygens (including phenoxy) is 1. The number of carbonyl (C=O) groups is 6. The molecule has 0 spiro atoms. The standard InChI is InChI=1S/C17H20O2.C16H20O.C16H18O.C16H20O.C16H18O.C10H14O2.C10H14O.CH2O2.CH4.Al.Li.H2.4H/c18-10-19-17-14-7-11-6-13(9-14)16(15(17)8-11)12-4-2-1-3-5-12;2*17-16-13-7-10-6-12(9-13)15(14(16)8-10)11-4-2-1-3-5-11;2*17-16(14-7-2-1-3-8-14)15-10-12-5-4-6-13(9-12)11-15;11-10(12)9-5-7-2-1-3-8(4-7)6-9;11-10-8-2-6-1-7(4-8)5-9(10)3-6;2-1-3;;;;;;;;/h1-5,10-11,13-17H,6-9H2;1-5,10,12-17H,6-9H2;1-5,10,12-15H,6-9H2;1-5,7-8,12-13,15-17H,6,9-11H2;1-5,7-8,12-13,15H,6,9-11H2;1-2,7-9H,3-6H2,(H,11,12);6-9H,1-5H2;1H,(H,2,3);1H4;;;1H;;;;/q;;;;;;;;;;+1;;;;;-1/i;;;;;;;;;;;1+1;;;;. The molecule has 27 rings (SSSR count). The third kappa shape index (κ3) is 20.2. The van der Waals surface area contributed by atoms with Crippen LogP contribution in [0, 0.1) is 148 Å². The molecule has 4 N–H and O–H groups in total. The van der Waals surface area contributed by atoms with Crippen molar-refractivity contribution in [1.82, 2.24) is 0 Å². The Balaban J connectivity index is 0.000000134. The summed E-state index contributed by atoms with van der Waals surface area (Å²) in [6.07, 6.45) is 49.0. The van der Waals surface area contributed by atoms with Crippen LogP contribution >= 0.6 is 0 Å². The Kier molecular flexibility index (Phi) is 30.5. The zero-order chi connectivity index (χ0) is 77.6. The second-order valence-electron chi connectivity index (χ2n) is 39.1. The molecule has 19 fully saturated rings. The first-order valence-electron chi connectivity index (χ1n) is 44.8. The Morgan fingerprint density at radius 2 is 0.828 bits per heavy atom. The third-order valence-corrected chi connectivity index (χ3v) is 32.1. The van der Waals surface area contributed by atoms with Crippen LogP contribution in [-0.4, -0.2) is 86.3 Å². The van der Waals surface area contributed by atoms with Gasteiger partial charge in [-0.15, -0.1) is 0 Å². The van der Waals surface area contributed by atoms with Crippen LogP contribution in [0.1, 0.15) is 253 Å². The minimum Gasteiger partial charge on any atom is -1.00 e. The van der Waals surface area contributed by atoms with E-state index in [1.807, 2.05) is 60.7 Å². The van der Waals surface area contributed by atoms with E-state index in [2.05, 4.69) is 127 Å². The number of allylic oxidation sites excluding steroid dienone is 6. The van der Waals surface area contributed by atoms with Crippen molar-refractivity contribution in [2.24, 2.45) is 148 Å². The van der Waals surface area contributed by atoms with Gasteiger partial charge in [-0.25, -0.2) is 0 Å². The summed E-state index contributed by atoms with van der Waals surface area (Å²) in [5.41, 5.74) is 6.31. The number of carboxylic acid groups (broad SMARTS) is 2. The van der Waals surface area contributed by atoms with Gasteiger partial charge < -0.3 is 26.6 Å². The average Bonchev–Trinajstić information content (AvgIpc) is 0.584. The topological polar surface area (TPSA) is 193 Å². The number of benzene rings is 5. The minimum atomic E-state index is -0.597. The molecule has 19 saturated carbocycles. The van der Waals surface area contributed by atoms with E-state index < -0.39 is 5.97 Å². The summed E-state index contributed by atoms with van der Waals surface area (Å²) >= 11 is 0. The first-order valence-corrected chi connectivity index (χ1v) is 44.8. The van der Waals surface area contributed by atoms with Crippen molar-refractivity contribution in [3.63, 3.8) is 0 Å². The Hall–Kier alpha value is -6.21. The number of hydrogen-bond acceptors (Lipinski definition) is 9. The number of aliphatic hydroxyl groups excluding tert-OH is 2. The molecule has 0 aromatic heterocycles. The predicted molar refractivity (Wildman–Crippen MR) is 461 cm³/mol. The zero-order valence-corrected chi connectivity index (χ0v) is 67.6. The molecule has 22 bridgehead atoms. The van der Waals surface area contributed by atoms with Crippen LogP contribution < -0.4 is 18.9 Å². The van der Waals surface area contributed by atoms with Crippen LogP contribution in [0.2, 0.25) is 0 Å². The van der Waals surface area contributed by atoms with Crippen molar-refractivity contribution in [2.45, 2.75) is 230 Å². The number of Topliss-reactive ketones (excluding diaryl/α,β-unsaturated/α-hetero) is 3. The maximum Gasteiger partial charge on any atom is 1.00 e. The van der Waals surface area contributed by atoms with E-state index in [-0.39, 0.29) is 83.1 Å². The van der Waals surface area contributed by atoms with E-state index in [0.29, 0.717) is 119 Å². The molecule has 22 aliphatic carbocycles. The van der Waals surface area contributed by atoms with Crippen LogP contribution in [0.25, 0.3) is 0 Å². The first kappa shape index (κ1) is 87.6. The van der Waals surface area contributed by atoms with Crippen LogP contribution in [-0.2, 0) is 28.7 Å². The van der Waals surface area contributed by atoms with Crippen LogP contribution in [0.15, 0.2) is 188 Å². The van der Waals surface area contributed by atoms with Gasteiger partial charge in [0.25, 0.3) is 12.9 Å². The van der Waals surface area contributed by atoms with Gasteiger partial charge in [0.15, 0.2) is 23.1 Å². The molecule has 11 nitrogen and oxygen atoms in total. The summed E-state index contributed by atoms with van der Waals surface area (Å²) < 4.78 is 5.49. The normalized spacial score (nSPS) is 39.1. The van der Waals surface area contributed by atoms with Crippen molar-refractivity contribution >= 4 is 53.6 Å². The van der Waals surface area contributed by atoms with E-state index in [4.69, 9.17) is 19.7 Å². The Morgan fingerprint density at radius 3 is 1.34 bits per heavy atom. The molecule has 27 atom stereocenters. The third-order valence-electron chi connectivity index (χ3n) is 32.1. The Labute approximate surface area is 718 Å². The van der Waals surface area contributed by atoms with Crippen LogP contribution in [0.3, 0.4) is 0 Å². The minimum absolute atomic E-state index is 0. The molecule has 0 amide bonds. The Bertz CT molecular complexity index is 4080.